The molecular formula is C28H44F3NO4S. The Labute approximate surface area is 224 Å². The fourth-order valence-corrected chi connectivity index (χ4v) is 5.10. The molecule has 0 saturated carbocycles. The number of nitrogens with one attached hydrogen (secondary N) is 1. The molecule has 9 heteroatoms. The van der Waals surface area contributed by atoms with Crippen molar-refractivity contribution in [1.82, 2.24) is 5.32 Å². The summed E-state index contributed by atoms with van der Waals surface area (Å²) in [5, 5.41) is 2.87. The lowest BCUT2D eigenvalue weighted by Gasteiger charge is -2.44. The summed E-state index contributed by atoms with van der Waals surface area (Å²) in [4.78, 5) is 12.8. The number of unbranched alkanes of at least 4 members (excludes halogenated alkanes) is 5. The molecule has 1 fully saturated rings. The molecule has 1 saturated heterocycles. The molecule has 1 amide bonds. The number of aryl methyl sites for hydroxylation is 1. The van der Waals surface area contributed by atoms with Crippen molar-refractivity contribution in [2.45, 2.75) is 121 Å². The van der Waals surface area contributed by atoms with Gasteiger partial charge in [0.15, 0.2) is 5.79 Å². The highest BCUT2D eigenvalue weighted by atomic mass is 32.2. The van der Waals surface area contributed by atoms with Crippen molar-refractivity contribution >= 4 is 17.9 Å². The van der Waals surface area contributed by atoms with Gasteiger partial charge in [0.05, 0.1) is 24.3 Å². The summed E-state index contributed by atoms with van der Waals surface area (Å²) < 4.78 is 58.7. The minimum absolute atomic E-state index is 0.164. The number of rotatable bonds is 12. The van der Waals surface area contributed by atoms with Crippen LogP contribution in [0.15, 0.2) is 23.1 Å². The Hall–Kier alpha value is -1.45. The molecule has 0 aliphatic carbocycles. The van der Waals surface area contributed by atoms with Crippen LogP contribution in [0.4, 0.5) is 18.0 Å². The standard InChI is InChI=1S/C28H44F3NO4S/c1-7-8-9-10-11-12-17-37-23-14-13-21(18-22(23)28(29,30)31)15-16-27(19-34-26(5,6)35-20-27)32-24(33)36-25(2,3)4/h13-14,18H,7-12,15-17,19-20H2,1-6H3,(H,32,33). The lowest BCUT2D eigenvalue weighted by Crippen LogP contribution is -2.61. The van der Waals surface area contributed by atoms with E-state index in [9.17, 15) is 18.0 Å². The predicted octanol–water partition coefficient (Wildman–Crippen LogP) is 8.14. The van der Waals surface area contributed by atoms with Crippen LogP contribution < -0.4 is 5.32 Å². The third-order valence-corrected chi connectivity index (χ3v) is 7.32. The Balaban J connectivity index is 2.08. The van der Waals surface area contributed by atoms with Crippen LogP contribution in [-0.2, 0) is 26.8 Å². The largest absolute Gasteiger partial charge is 0.444 e. The number of hydrogen-bond acceptors (Lipinski definition) is 5. The smallest absolute Gasteiger partial charge is 0.417 e. The van der Waals surface area contributed by atoms with E-state index in [1.807, 2.05) is 0 Å². The maximum absolute atomic E-state index is 13.9. The quantitative estimate of drug-likeness (QED) is 0.211. The number of halogens is 3. The first-order valence-corrected chi connectivity index (χ1v) is 14.3. The zero-order valence-corrected chi connectivity index (χ0v) is 24.0. The lowest BCUT2D eigenvalue weighted by molar-refractivity contribution is -0.271. The number of alkyl carbamates (subject to hydrolysis) is 1. The van der Waals surface area contributed by atoms with Gasteiger partial charge in [-0.1, -0.05) is 45.1 Å². The topological polar surface area (TPSA) is 56.8 Å². The Kier molecular flexibility index (Phi) is 11.6. The number of amides is 1. The summed E-state index contributed by atoms with van der Waals surface area (Å²) in [5.41, 5.74) is -1.66. The number of benzene rings is 1. The van der Waals surface area contributed by atoms with Crippen LogP contribution in [0.5, 0.6) is 0 Å². The molecule has 37 heavy (non-hydrogen) atoms. The van der Waals surface area contributed by atoms with E-state index in [1.165, 1.54) is 37.1 Å². The van der Waals surface area contributed by atoms with Crippen molar-refractivity contribution in [3.8, 4) is 0 Å². The normalized spacial score (nSPS) is 17.4. The van der Waals surface area contributed by atoms with Crippen molar-refractivity contribution < 1.29 is 32.2 Å². The minimum atomic E-state index is -4.44. The second kappa shape index (κ2) is 13.6. The number of carbonyl (C=O) groups is 1. The van der Waals surface area contributed by atoms with Crippen molar-refractivity contribution in [2.24, 2.45) is 0 Å². The molecular weight excluding hydrogens is 503 g/mol. The van der Waals surface area contributed by atoms with Crippen LogP contribution in [-0.4, -0.2) is 42.0 Å². The maximum Gasteiger partial charge on any atom is 0.417 e. The second-order valence-corrected chi connectivity index (χ2v) is 12.5. The zero-order valence-electron chi connectivity index (χ0n) is 23.2. The molecule has 0 spiro atoms. The van der Waals surface area contributed by atoms with Gasteiger partial charge in [-0.25, -0.2) is 4.79 Å². The average Bonchev–Trinajstić information content (AvgIpc) is 2.77. The van der Waals surface area contributed by atoms with Gasteiger partial charge in [-0.15, -0.1) is 11.8 Å². The highest BCUT2D eigenvalue weighted by Crippen LogP contribution is 2.38. The summed E-state index contributed by atoms with van der Waals surface area (Å²) in [6.07, 6.45) is 2.24. The van der Waals surface area contributed by atoms with Gasteiger partial charge in [-0.2, -0.15) is 13.2 Å². The highest BCUT2D eigenvalue weighted by Gasteiger charge is 2.42. The minimum Gasteiger partial charge on any atom is -0.444 e. The molecule has 0 aromatic heterocycles. The van der Waals surface area contributed by atoms with E-state index in [4.69, 9.17) is 14.2 Å². The van der Waals surface area contributed by atoms with E-state index in [-0.39, 0.29) is 18.1 Å². The monoisotopic (exact) mass is 547 g/mol. The van der Waals surface area contributed by atoms with Crippen molar-refractivity contribution in [1.29, 1.82) is 0 Å². The van der Waals surface area contributed by atoms with Gasteiger partial charge in [-0.05, 0) is 77.3 Å². The molecule has 212 valence electrons. The summed E-state index contributed by atoms with van der Waals surface area (Å²) in [6.45, 7) is 11.3. The Morgan fingerprint density at radius 2 is 1.68 bits per heavy atom. The van der Waals surface area contributed by atoms with E-state index in [0.29, 0.717) is 24.2 Å². The van der Waals surface area contributed by atoms with Gasteiger partial charge < -0.3 is 19.5 Å². The van der Waals surface area contributed by atoms with E-state index in [2.05, 4.69) is 12.2 Å². The SMILES string of the molecule is CCCCCCCCSc1ccc(CCC2(NC(=O)OC(C)(C)C)COC(C)(C)OC2)cc1C(F)(F)F. The maximum atomic E-state index is 13.9. The van der Waals surface area contributed by atoms with Crippen LogP contribution in [0.25, 0.3) is 0 Å². The van der Waals surface area contributed by atoms with Crippen molar-refractivity contribution in [2.75, 3.05) is 19.0 Å². The summed E-state index contributed by atoms with van der Waals surface area (Å²) in [5.74, 6) is -0.140. The molecule has 1 aliphatic rings. The third-order valence-electron chi connectivity index (χ3n) is 6.16. The molecule has 0 unspecified atom stereocenters. The first kappa shape index (κ1) is 31.8. The molecule has 0 radical (unpaired) electrons. The Morgan fingerprint density at radius 1 is 1.05 bits per heavy atom. The van der Waals surface area contributed by atoms with Gasteiger partial charge >= 0.3 is 12.3 Å². The van der Waals surface area contributed by atoms with Gasteiger partial charge in [-0.3, -0.25) is 0 Å². The molecule has 1 aliphatic heterocycles. The van der Waals surface area contributed by atoms with Gasteiger partial charge in [0.2, 0.25) is 0 Å². The first-order valence-electron chi connectivity index (χ1n) is 13.3. The summed E-state index contributed by atoms with van der Waals surface area (Å²) >= 11 is 1.27. The molecule has 1 aromatic rings. The Morgan fingerprint density at radius 3 is 2.27 bits per heavy atom. The fraction of sp³-hybridized carbons (Fsp3) is 0.750. The number of carbonyl (C=O) groups excluding carboxylic acids is 1. The highest BCUT2D eigenvalue weighted by molar-refractivity contribution is 7.99. The average molecular weight is 548 g/mol. The van der Waals surface area contributed by atoms with Crippen LogP contribution in [0.3, 0.4) is 0 Å². The molecule has 2 rings (SSSR count). The fourth-order valence-electron chi connectivity index (χ4n) is 4.03. The van der Waals surface area contributed by atoms with E-state index >= 15 is 0 Å². The van der Waals surface area contributed by atoms with Crippen LogP contribution in [0.1, 0.15) is 97.6 Å². The predicted molar refractivity (Wildman–Crippen MR) is 142 cm³/mol. The van der Waals surface area contributed by atoms with E-state index < -0.39 is 34.8 Å². The molecule has 5 nitrogen and oxygen atoms in total. The van der Waals surface area contributed by atoms with E-state index in [0.717, 1.165) is 19.3 Å². The first-order chi connectivity index (χ1) is 17.1. The van der Waals surface area contributed by atoms with Crippen LogP contribution in [0.2, 0.25) is 0 Å². The summed E-state index contributed by atoms with van der Waals surface area (Å²) in [7, 11) is 0. The number of hydrogen-bond donors (Lipinski definition) is 1. The number of alkyl halides is 3. The molecule has 0 atom stereocenters. The van der Waals surface area contributed by atoms with Crippen LogP contribution in [0, 0.1) is 0 Å². The Bertz CT molecular complexity index is 858. The van der Waals surface area contributed by atoms with E-state index in [1.54, 1.807) is 46.8 Å². The van der Waals surface area contributed by atoms with Crippen LogP contribution >= 0.6 is 11.8 Å². The van der Waals surface area contributed by atoms with Gasteiger partial charge in [0.25, 0.3) is 0 Å². The van der Waals surface area contributed by atoms with Gasteiger partial charge in [0.1, 0.15) is 5.60 Å². The zero-order chi connectivity index (χ0) is 27.7. The van der Waals surface area contributed by atoms with Crippen molar-refractivity contribution in [3.63, 3.8) is 0 Å². The lowest BCUT2D eigenvalue weighted by atomic mass is 9.91. The third kappa shape index (κ3) is 11.4. The summed E-state index contributed by atoms with van der Waals surface area (Å²) in [6, 6.07) is 4.55. The number of ether oxygens (including phenoxy) is 3. The molecule has 1 N–H and O–H groups in total. The second-order valence-electron chi connectivity index (χ2n) is 11.3. The number of thioether (sulfide) groups is 1. The van der Waals surface area contributed by atoms with Crippen molar-refractivity contribution in [3.05, 3.63) is 29.3 Å². The molecule has 1 heterocycles. The molecule has 0 bridgehead atoms. The molecule has 1 aromatic carbocycles. The van der Waals surface area contributed by atoms with Gasteiger partial charge in [0, 0.05) is 4.90 Å².